The Morgan fingerprint density at radius 3 is 1.95 bits per heavy atom. The Labute approximate surface area is 238 Å². The minimum atomic E-state index is -0.779. The fraction of sp³-hybridized carbons (Fsp3) is 0.371. The normalized spacial score (nSPS) is 17.6. The third-order valence-corrected chi connectivity index (χ3v) is 7.66. The summed E-state index contributed by atoms with van der Waals surface area (Å²) in [6.45, 7) is 16.8. The van der Waals surface area contributed by atoms with Crippen LogP contribution in [-0.2, 0) is 20.4 Å². The van der Waals surface area contributed by atoms with E-state index >= 15 is 0 Å². The molecule has 3 aromatic carbocycles. The van der Waals surface area contributed by atoms with Crippen LogP contribution in [0.1, 0.15) is 95.2 Å². The topological polar surface area (TPSA) is 66.8 Å². The molecule has 0 saturated carbocycles. The molecule has 5 heteroatoms. The number of benzene rings is 3. The highest BCUT2D eigenvalue weighted by molar-refractivity contribution is 6.51. The maximum absolute atomic E-state index is 13.7. The van der Waals surface area contributed by atoms with Gasteiger partial charge in [0.25, 0.3) is 11.7 Å². The summed E-state index contributed by atoms with van der Waals surface area (Å²) >= 11 is 0. The van der Waals surface area contributed by atoms with Crippen molar-refractivity contribution in [1.29, 1.82) is 0 Å². The summed E-state index contributed by atoms with van der Waals surface area (Å²) in [5.41, 5.74) is 4.75. The summed E-state index contributed by atoms with van der Waals surface area (Å²) in [5.74, 6) is -0.532. The first-order valence-electron chi connectivity index (χ1n) is 13.9. The summed E-state index contributed by atoms with van der Waals surface area (Å²) < 4.78 is 5.57. The van der Waals surface area contributed by atoms with Crippen LogP contribution in [0.4, 0.5) is 5.69 Å². The van der Waals surface area contributed by atoms with E-state index in [1.54, 1.807) is 19.2 Å². The van der Waals surface area contributed by atoms with Gasteiger partial charge < -0.3 is 9.84 Å². The fourth-order valence-electron chi connectivity index (χ4n) is 5.20. The summed E-state index contributed by atoms with van der Waals surface area (Å²) in [7, 11) is 1.61. The number of amides is 1. The first-order chi connectivity index (χ1) is 18.6. The molecule has 0 aromatic heterocycles. The molecule has 1 fully saturated rings. The Morgan fingerprint density at radius 2 is 1.45 bits per heavy atom. The standard InChI is InChI=1S/C35H41NO4/c1-21(2)22-12-17-26(18-13-22)36-30(23-10-15-25(16-11-23)34(3,4)5)29(32(38)33(36)39)31(37)24-14-19-28(40-9)27(20-24)35(6,7)8/h10-21,30,37H,1-9H3/b31-29-. The first-order valence-corrected chi connectivity index (χ1v) is 13.9. The van der Waals surface area contributed by atoms with Crippen LogP contribution in [0.5, 0.6) is 5.75 Å². The van der Waals surface area contributed by atoms with E-state index in [0.29, 0.717) is 22.9 Å². The molecule has 210 valence electrons. The Balaban J connectivity index is 1.94. The average Bonchev–Trinajstić information content (AvgIpc) is 3.17. The number of aliphatic hydroxyl groups excluding tert-OH is 1. The summed E-state index contributed by atoms with van der Waals surface area (Å²) in [6, 6.07) is 20.3. The molecule has 1 N–H and O–H groups in total. The number of hydrogen-bond acceptors (Lipinski definition) is 4. The van der Waals surface area contributed by atoms with Crippen LogP contribution in [0.3, 0.4) is 0 Å². The number of hydrogen-bond donors (Lipinski definition) is 1. The molecule has 0 radical (unpaired) electrons. The quantitative estimate of drug-likeness (QED) is 0.202. The molecular formula is C35H41NO4. The van der Waals surface area contributed by atoms with Gasteiger partial charge in [-0.15, -0.1) is 0 Å². The lowest BCUT2D eigenvalue weighted by atomic mass is 9.84. The van der Waals surface area contributed by atoms with Gasteiger partial charge in [-0.1, -0.05) is 91.8 Å². The number of anilines is 1. The number of aliphatic hydroxyl groups is 1. The number of methoxy groups -OCH3 is 1. The number of rotatable bonds is 5. The van der Waals surface area contributed by atoms with Crippen molar-refractivity contribution in [1.82, 2.24) is 0 Å². The van der Waals surface area contributed by atoms with Gasteiger partial charge in [-0.3, -0.25) is 14.5 Å². The van der Waals surface area contributed by atoms with Gasteiger partial charge in [-0.25, -0.2) is 0 Å². The van der Waals surface area contributed by atoms with Crippen molar-refractivity contribution in [2.24, 2.45) is 0 Å². The van der Waals surface area contributed by atoms with Crippen molar-refractivity contribution in [2.75, 3.05) is 12.0 Å². The third kappa shape index (κ3) is 5.42. The van der Waals surface area contributed by atoms with Gasteiger partial charge in [0.15, 0.2) is 0 Å². The first kappa shape index (κ1) is 29.1. The molecule has 1 atom stereocenters. The Bertz CT molecular complexity index is 1450. The molecular weight excluding hydrogens is 498 g/mol. The van der Waals surface area contributed by atoms with Gasteiger partial charge in [-0.2, -0.15) is 0 Å². The van der Waals surface area contributed by atoms with Crippen molar-refractivity contribution in [2.45, 2.75) is 78.2 Å². The zero-order valence-electron chi connectivity index (χ0n) is 25.1. The lowest BCUT2D eigenvalue weighted by molar-refractivity contribution is -0.132. The van der Waals surface area contributed by atoms with Crippen LogP contribution in [0.2, 0.25) is 0 Å². The highest BCUT2D eigenvalue weighted by atomic mass is 16.5. The van der Waals surface area contributed by atoms with Crippen molar-refractivity contribution < 1.29 is 19.4 Å². The number of carbonyl (C=O) groups excluding carboxylic acids is 2. The molecule has 0 spiro atoms. The SMILES string of the molecule is COc1ccc(/C(O)=C2/C(=O)C(=O)N(c3ccc(C(C)C)cc3)C2c2ccc(C(C)(C)C)cc2)cc1C(C)(C)C. The second-order valence-corrected chi connectivity index (χ2v) is 13.0. The zero-order valence-corrected chi connectivity index (χ0v) is 25.1. The van der Waals surface area contributed by atoms with E-state index in [-0.39, 0.29) is 22.2 Å². The molecule has 1 saturated heterocycles. The summed E-state index contributed by atoms with van der Waals surface area (Å²) in [5, 5.41) is 11.7. The number of Topliss-reactive ketones (excluding diaryl/α,β-unsaturated/α-hetero) is 1. The van der Waals surface area contributed by atoms with Crippen molar-refractivity contribution in [3.8, 4) is 5.75 Å². The summed E-state index contributed by atoms with van der Waals surface area (Å²) in [6.07, 6.45) is 0. The predicted octanol–water partition coefficient (Wildman–Crippen LogP) is 8.04. The smallest absolute Gasteiger partial charge is 0.300 e. The molecule has 40 heavy (non-hydrogen) atoms. The van der Waals surface area contributed by atoms with Gasteiger partial charge >= 0.3 is 0 Å². The van der Waals surface area contributed by atoms with Crippen molar-refractivity contribution >= 4 is 23.1 Å². The maximum atomic E-state index is 13.7. The second kappa shape index (κ2) is 10.6. The van der Waals surface area contributed by atoms with E-state index < -0.39 is 17.7 Å². The Morgan fingerprint density at radius 1 is 0.850 bits per heavy atom. The van der Waals surface area contributed by atoms with Gasteiger partial charge in [0.1, 0.15) is 11.5 Å². The van der Waals surface area contributed by atoms with E-state index in [1.165, 1.54) is 4.90 Å². The van der Waals surface area contributed by atoms with Crippen LogP contribution in [0.15, 0.2) is 72.3 Å². The third-order valence-electron chi connectivity index (χ3n) is 7.66. The number of ether oxygens (including phenoxy) is 1. The van der Waals surface area contributed by atoms with E-state index in [0.717, 1.165) is 22.3 Å². The van der Waals surface area contributed by atoms with Gasteiger partial charge in [0.2, 0.25) is 0 Å². The lowest BCUT2D eigenvalue weighted by Crippen LogP contribution is -2.29. The van der Waals surface area contributed by atoms with E-state index in [1.807, 2.05) is 54.6 Å². The predicted molar refractivity (Wildman–Crippen MR) is 162 cm³/mol. The monoisotopic (exact) mass is 539 g/mol. The molecule has 0 bridgehead atoms. The summed E-state index contributed by atoms with van der Waals surface area (Å²) in [4.78, 5) is 28.8. The zero-order chi connectivity index (χ0) is 29.6. The van der Waals surface area contributed by atoms with Crippen molar-refractivity contribution in [3.63, 3.8) is 0 Å². The lowest BCUT2D eigenvalue weighted by Gasteiger charge is -2.27. The molecule has 1 aliphatic rings. The number of ketones is 1. The minimum absolute atomic E-state index is 0.0561. The number of carbonyl (C=O) groups is 2. The molecule has 0 aliphatic carbocycles. The molecule has 1 heterocycles. The fourth-order valence-corrected chi connectivity index (χ4v) is 5.20. The highest BCUT2D eigenvalue weighted by Crippen LogP contribution is 2.43. The molecule has 5 nitrogen and oxygen atoms in total. The average molecular weight is 540 g/mol. The Kier molecular flexibility index (Phi) is 7.72. The molecule has 4 rings (SSSR count). The van der Waals surface area contributed by atoms with Crippen molar-refractivity contribution in [3.05, 3.63) is 100 Å². The second-order valence-electron chi connectivity index (χ2n) is 13.0. The van der Waals surface area contributed by atoms with Crippen LogP contribution in [-0.4, -0.2) is 23.9 Å². The largest absolute Gasteiger partial charge is 0.507 e. The van der Waals surface area contributed by atoms with Gasteiger partial charge in [-0.05, 0) is 63.8 Å². The van der Waals surface area contributed by atoms with Crippen LogP contribution in [0, 0.1) is 0 Å². The maximum Gasteiger partial charge on any atom is 0.300 e. The van der Waals surface area contributed by atoms with Gasteiger partial charge in [0, 0.05) is 16.8 Å². The van der Waals surface area contributed by atoms with E-state index in [9.17, 15) is 14.7 Å². The van der Waals surface area contributed by atoms with E-state index in [2.05, 4.69) is 55.4 Å². The van der Waals surface area contributed by atoms with Crippen LogP contribution >= 0.6 is 0 Å². The van der Waals surface area contributed by atoms with E-state index in [4.69, 9.17) is 4.74 Å². The van der Waals surface area contributed by atoms with Crippen LogP contribution < -0.4 is 9.64 Å². The Hall–Kier alpha value is -3.86. The van der Waals surface area contributed by atoms with Gasteiger partial charge in [0.05, 0.1) is 18.7 Å². The minimum Gasteiger partial charge on any atom is -0.507 e. The molecule has 1 aliphatic heterocycles. The molecule has 3 aromatic rings. The molecule has 1 unspecified atom stereocenters. The highest BCUT2D eigenvalue weighted by Gasteiger charge is 2.47. The molecule has 1 amide bonds. The van der Waals surface area contributed by atoms with Crippen LogP contribution in [0.25, 0.3) is 5.76 Å². The number of nitrogens with zero attached hydrogens (tertiary/aromatic N) is 1.